The van der Waals surface area contributed by atoms with E-state index in [1.165, 1.54) is 36.2 Å². The van der Waals surface area contributed by atoms with Crippen LogP contribution in [0.25, 0.3) is 32.1 Å². The van der Waals surface area contributed by atoms with Gasteiger partial charge in [0.25, 0.3) is 5.56 Å². The summed E-state index contributed by atoms with van der Waals surface area (Å²) in [6.07, 6.45) is 4.80. The Hall–Kier alpha value is -2.59. The number of thiophene rings is 1. The van der Waals surface area contributed by atoms with Crippen molar-refractivity contribution >= 4 is 32.3 Å². The number of nitrogens with one attached hydrogen (secondary N) is 1. The van der Waals surface area contributed by atoms with E-state index >= 15 is 0 Å². The Kier molecular flexibility index (Phi) is 5.23. The molecule has 4 aromatic rings. The molecule has 3 nitrogen and oxygen atoms in total. The van der Waals surface area contributed by atoms with Gasteiger partial charge in [0, 0.05) is 21.9 Å². The molecule has 0 aliphatic heterocycles. The van der Waals surface area contributed by atoms with Crippen molar-refractivity contribution < 1.29 is 5.11 Å². The molecule has 2 aromatic carbocycles. The highest BCUT2D eigenvalue weighted by Gasteiger charge is 2.16. The van der Waals surface area contributed by atoms with Crippen molar-refractivity contribution in [2.45, 2.75) is 45.4 Å². The molecule has 2 N–H and O–H groups in total. The van der Waals surface area contributed by atoms with Gasteiger partial charge in [-0.05, 0) is 53.5 Å². The summed E-state index contributed by atoms with van der Waals surface area (Å²) in [5.41, 5.74) is 3.78. The number of phenolic OH excluding ortho intramolecular Hbond substituents is 1. The molecule has 144 valence electrons. The fourth-order valence-corrected chi connectivity index (χ4v) is 4.90. The van der Waals surface area contributed by atoms with E-state index in [9.17, 15) is 9.90 Å². The van der Waals surface area contributed by atoms with Crippen LogP contribution in [0.3, 0.4) is 0 Å². The third kappa shape index (κ3) is 3.22. The summed E-state index contributed by atoms with van der Waals surface area (Å²) < 4.78 is 0.696. The van der Waals surface area contributed by atoms with Crippen molar-refractivity contribution in [2.24, 2.45) is 0 Å². The zero-order valence-electron chi connectivity index (χ0n) is 16.3. The number of hydrogen-bond acceptors (Lipinski definition) is 3. The summed E-state index contributed by atoms with van der Waals surface area (Å²) in [7, 11) is 0. The summed E-state index contributed by atoms with van der Waals surface area (Å²) in [5.74, 6) is 0.813. The van der Waals surface area contributed by atoms with Crippen LogP contribution < -0.4 is 5.56 Å². The number of benzene rings is 2. The molecule has 1 unspecified atom stereocenters. The van der Waals surface area contributed by atoms with Crippen LogP contribution in [0, 0.1) is 0 Å². The first kappa shape index (κ1) is 18.8. The third-order valence-corrected chi connectivity index (χ3v) is 6.56. The van der Waals surface area contributed by atoms with Crippen LogP contribution >= 0.6 is 11.3 Å². The molecule has 0 amide bonds. The maximum atomic E-state index is 12.3. The summed E-state index contributed by atoms with van der Waals surface area (Å²) >= 11 is 1.43. The topological polar surface area (TPSA) is 53.1 Å². The molecule has 0 spiro atoms. The van der Waals surface area contributed by atoms with E-state index in [0.29, 0.717) is 10.6 Å². The molecule has 0 saturated heterocycles. The first-order valence-electron chi connectivity index (χ1n) is 9.99. The van der Waals surface area contributed by atoms with Gasteiger partial charge < -0.3 is 10.1 Å². The molecule has 0 bridgehead atoms. The molecular formula is C24H25NO2S. The Morgan fingerprint density at radius 2 is 1.86 bits per heavy atom. The van der Waals surface area contributed by atoms with E-state index < -0.39 is 0 Å². The van der Waals surface area contributed by atoms with E-state index in [1.807, 2.05) is 11.4 Å². The van der Waals surface area contributed by atoms with Gasteiger partial charge in [-0.15, -0.1) is 11.3 Å². The molecule has 0 fully saturated rings. The highest BCUT2D eigenvalue weighted by Crippen LogP contribution is 2.40. The maximum absolute atomic E-state index is 12.3. The van der Waals surface area contributed by atoms with E-state index in [-0.39, 0.29) is 11.3 Å². The molecule has 1 atom stereocenters. The van der Waals surface area contributed by atoms with Gasteiger partial charge in [0.1, 0.15) is 10.4 Å². The van der Waals surface area contributed by atoms with Gasteiger partial charge in [-0.25, -0.2) is 0 Å². The lowest BCUT2D eigenvalue weighted by molar-refractivity contribution is 0.478. The SMILES string of the molecule is CCCCC(CC)c1ccc(-c2c(O)ccc3[nH]c(=O)c4sccc4c23)cc1. The van der Waals surface area contributed by atoms with Crippen molar-refractivity contribution in [1.29, 1.82) is 0 Å². The fraction of sp³-hybridized carbons (Fsp3) is 0.292. The van der Waals surface area contributed by atoms with Gasteiger partial charge in [-0.3, -0.25) is 4.79 Å². The molecule has 0 aliphatic carbocycles. The minimum absolute atomic E-state index is 0.0776. The number of H-pyrrole nitrogens is 1. The standard InChI is InChI=1S/C24H25NO2S/c1-3-5-6-15(4-2)16-7-9-17(10-8-16)21-20(26)12-11-19-22(21)18-13-14-28-23(18)24(27)25-19/h7-15,26H,3-6H2,1-2H3,(H,25,27). The minimum atomic E-state index is -0.0776. The molecule has 0 radical (unpaired) electrons. The number of aromatic nitrogens is 1. The average molecular weight is 392 g/mol. The number of aromatic amines is 1. The number of hydrogen-bond donors (Lipinski definition) is 2. The highest BCUT2D eigenvalue weighted by atomic mass is 32.1. The smallest absolute Gasteiger partial charge is 0.266 e. The molecule has 0 saturated carbocycles. The Labute approximate surface area is 168 Å². The van der Waals surface area contributed by atoms with E-state index in [2.05, 4.69) is 43.1 Å². The van der Waals surface area contributed by atoms with E-state index in [0.717, 1.165) is 33.8 Å². The van der Waals surface area contributed by atoms with Crippen LogP contribution in [-0.2, 0) is 0 Å². The minimum Gasteiger partial charge on any atom is -0.507 e. The predicted octanol–water partition coefficient (Wildman–Crippen LogP) is 6.80. The predicted molar refractivity (Wildman–Crippen MR) is 120 cm³/mol. The van der Waals surface area contributed by atoms with Crippen molar-refractivity contribution in [3.63, 3.8) is 0 Å². The first-order valence-corrected chi connectivity index (χ1v) is 10.9. The third-order valence-electron chi connectivity index (χ3n) is 5.64. The van der Waals surface area contributed by atoms with Crippen LogP contribution in [0.4, 0.5) is 0 Å². The molecule has 2 heterocycles. The Bertz CT molecular complexity index is 1170. The lowest BCUT2D eigenvalue weighted by Crippen LogP contribution is -2.04. The van der Waals surface area contributed by atoms with Crippen molar-refractivity contribution in [2.75, 3.05) is 0 Å². The number of pyridine rings is 1. The second-order valence-corrected chi connectivity index (χ2v) is 8.29. The first-order chi connectivity index (χ1) is 13.6. The molecule has 28 heavy (non-hydrogen) atoms. The van der Waals surface area contributed by atoms with Gasteiger partial charge in [0.05, 0.1) is 0 Å². The van der Waals surface area contributed by atoms with Gasteiger partial charge >= 0.3 is 0 Å². The number of aromatic hydroxyl groups is 1. The largest absolute Gasteiger partial charge is 0.507 e. The Balaban J connectivity index is 1.86. The second-order valence-electron chi connectivity index (χ2n) is 7.37. The highest BCUT2D eigenvalue weighted by molar-refractivity contribution is 7.17. The molecule has 0 aliphatic rings. The second kappa shape index (κ2) is 7.80. The molecule has 2 aromatic heterocycles. The molecular weight excluding hydrogens is 366 g/mol. The van der Waals surface area contributed by atoms with E-state index in [4.69, 9.17) is 0 Å². The zero-order valence-corrected chi connectivity index (χ0v) is 17.1. The van der Waals surface area contributed by atoms with Crippen molar-refractivity contribution in [1.82, 2.24) is 4.98 Å². The fourth-order valence-electron chi connectivity index (χ4n) is 4.11. The summed E-state index contributed by atoms with van der Waals surface area (Å²) in [6.45, 7) is 4.48. The Morgan fingerprint density at radius 3 is 2.57 bits per heavy atom. The summed E-state index contributed by atoms with van der Waals surface area (Å²) in [5, 5.41) is 14.4. The number of fused-ring (bicyclic) bond motifs is 3. The summed E-state index contributed by atoms with van der Waals surface area (Å²) in [6, 6.07) is 14.0. The number of unbranched alkanes of at least 4 members (excludes halogenated alkanes) is 1. The average Bonchev–Trinajstić information content (AvgIpc) is 3.20. The number of rotatable bonds is 6. The van der Waals surface area contributed by atoms with Gasteiger partial charge in [0.2, 0.25) is 0 Å². The van der Waals surface area contributed by atoms with E-state index in [1.54, 1.807) is 12.1 Å². The van der Waals surface area contributed by atoms with Crippen LogP contribution in [0.1, 0.15) is 51.0 Å². The van der Waals surface area contributed by atoms with Crippen LogP contribution in [0.2, 0.25) is 0 Å². The monoisotopic (exact) mass is 391 g/mol. The Morgan fingerprint density at radius 1 is 1.07 bits per heavy atom. The molecule has 4 heteroatoms. The van der Waals surface area contributed by atoms with Crippen molar-refractivity contribution in [3.05, 3.63) is 63.8 Å². The zero-order chi connectivity index (χ0) is 19.7. The summed E-state index contributed by atoms with van der Waals surface area (Å²) in [4.78, 5) is 15.3. The maximum Gasteiger partial charge on any atom is 0.266 e. The molecule has 4 rings (SSSR count). The van der Waals surface area contributed by atoms with Crippen LogP contribution in [-0.4, -0.2) is 10.1 Å². The van der Waals surface area contributed by atoms with Gasteiger partial charge in [-0.2, -0.15) is 0 Å². The van der Waals surface area contributed by atoms with Gasteiger partial charge in [-0.1, -0.05) is 51.0 Å². The normalized spacial score (nSPS) is 12.6. The van der Waals surface area contributed by atoms with Crippen LogP contribution in [0.15, 0.2) is 52.6 Å². The van der Waals surface area contributed by atoms with Crippen LogP contribution in [0.5, 0.6) is 5.75 Å². The quantitative estimate of drug-likeness (QED) is 0.380. The lowest BCUT2D eigenvalue weighted by atomic mass is 9.89. The number of phenols is 1. The van der Waals surface area contributed by atoms with Crippen molar-refractivity contribution in [3.8, 4) is 16.9 Å². The van der Waals surface area contributed by atoms with Gasteiger partial charge in [0.15, 0.2) is 0 Å². The lowest BCUT2D eigenvalue weighted by Gasteiger charge is -2.16.